The molecule has 0 amide bonds. The van der Waals surface area contributed by atoms with Crippen LogP contribution >= 0.6 is 35.3 Å². The van der Waals surface area contributed by atoms with Gasteiger partial charge >= 0.3 is 0 Å². The minimum atomic E-state index is 0. The van der Waals surface area contributed by atoms with E-state index in [0.717, 1.165) is 51.2 Å². The Kier molecular flexibility index (Phi) is 10.9. The summed E-state index contributed by atoms with van der Waals surface area (Å²) in [6, 6.07) is 5.07. The molecule has 0 aromatic carbocycles. The van der Waals surface area contributed by atoms with Crippen molar-refractivity contribution in [1.82, 2.24) is 15.1 Å². The van der Waals surface area contributed by atoms with Crippen LogP contribution in [0, 0.1) is 0 Å². The number of rotatable bonds is 10. The number of ether oxygens (including phenoxy) is 1. The minimum absolute atomic E-state index is 0. The SMILES string of the molecule is CN=C(NCCN(CCOC)C1CC1)N(C)CCc1cccs1.I. The standard InChI is InChI=1S/C17H30N4OS.HI/c1-18-17(20(2)10-8-16-5-4-14-23-16)19-9-11-21(12-13-22-3)15-6-7-15;/h4-5,14-15H,6-13H2,1-3H3,(H,18,19);1H. The number of guanidine groups is 1. The van der Waals surface area contributed by atoms with E-state index in [9.17, 15) is 0 Å². The highest BCUT2D eigenvalue weighted by molar-refractivity contribution is 14.0. The third kappa shape index (κ3) is 7.67. The number of thiophene rings is 1. The number of hydrogen-bond donors (Lipinski definition) is 1. The van der Waals surface area contributed by atoms with Gasteiger partial charge in [-0.3, -0.25) is 9.89 Å². The number of nitrogens with zero attached hydrogens (tertiary/aromatic N) is 3. The molecule has 24 heavy (non-hydrogen) atoms. The van der Waals surface area contributed by atoms with Gasteiger partial charge in [-0.2, -0.15) is 0 Å². The smallest absolute Gasteiger partial charge is 0.193 e. The van der Waals surface area contributed by atoms with E-state index in [1.165, 1.54) is 17.7 Å². The van der Waals surface area contributed by atoms with Crippen LogP contribution in [0.2, 0.25) is 0 Å². The van der Waals surface area contributed by atoms with E-state index in [-0.39, 0.29) is 24.0 Å². The fraction of sp³-hybridized carbons (Fsp3) is 0.706. The topological polar surface area (TPSA) is 40.1 Å². The Bertz CT molecular complexity index is 465. The molecule has 138 valence electrons. The second-order valence-corrected chi connectivity index (χ2v) is 7.02. The van der Waals surface area contributed by atoms with Crippen LogP contribution < -0.4 is 5.32 Å². The molecule has 1 heterocycles. The lowest BCUT2D eigenvalue weighted by molar-refractivity contribution is 0.144. The molecule has 0 unspecified atom stereocenters. The first kappa shape index (κ1) is 21.7. The van der Waals surface area contributed by atoms with Crippen LogP contribution in [-0.2, 0) is 11.2 Å². The highest BCUT2D eigenvalue weighted by atomic mass is 127. The van der Waals surface area contributed by atoms with Crippen LogP contribution in [0.4, 0.5) is 0 Å². The number of likely N-dealkylation sites (N-methyl/N-ethyl adjacent to an activating group) is 1. The summed E-state index contributed by atoms with van der Waals surface area (Å²) in [6.07, 6.45) is 3.73. The van der Waals surface area contributed by atoms with Gasteiger partial charge in [0.05, 0.1) is 6.61 Å². The van der Waals surface area contributed by atoms with Crippen molar-refractivity contribution in [3.05, 3.63) is 22.4 Å². The first-order valence-electron chi connectivity index (χ1n) is 8.41. The average molecular weight is 466 g/mol. The summed E-state index contributed by atoms with van der Waals surface area (Å²) >= 11 is 1.82. The zero-order chi connectivity index (χ0) is 16.5. The zero-order valence-electron chi connectivity index (χ0n) is 15.0. The maximum Gasteiger partial charge on any atom is 0.193 e. The fourth-order valence-electron chi connectivity index (χ4n) is 2.66. The molecule has 0 radical (unpaired) electrons. The van der Waals surface area contributed by atoms with Crippen LogP contribution in [0.3, 0.4) is 0 Å². The van der Waals surface area contributed by atoms with Crippen molar-refractivity contribution in [3.8, 4) is 0 Å². The number of hydrogen-bond acceptors (Lipinski definition) is 4. The van der Waals surface area contributed by atoms with Crippen molar-refractivity contribution in [1.29, 1.82) is 0 Å². The molecule has 0 saturated heterocycles. The Morgan fingerprint density at radius 2 is 2.17 bits per heavy atom. The molecule has 5 nitrogen and oxygen atoms in total. The van der Waals surface area contributed by atoms with Gasteiger partial charge in [0.15, 0.2) is 5.96 Å². The molecule has 0 atom stereocenters. The van der Waals surface area contributed by atoms with Crippen LogP contribution in [0.1, 0.15) is 17.7 Å². The first-order valence-corrected chi connectivity index (χ1v) is 9.29. The normalized spacial score (nSPS) is 14.6. The summed E-state index contributed by atoms with van der Waals surface area (Å²) in [6.45, 7) is 4.79. The van der Waals surface area contributed by atoms with Crippen LogP contribution in [0.15, 0.2) is 22.5 Å². The van der Waals surface area contributed by atoms with E-state index in [2.05, 4.69) is 44.7 Å². The molecule has 2 rings (SSSR count). The third-order valence-corrected chi connectivity index (χ3v) is 5.11. The van der Waals surface area contributed by atoms with E-state index in [4.69, 9.17) is 4.74 Å². The van der Waals surface area contributed by atoms with Gasteiger partial charge in [-0.1, -0.05) is 6.07 Å². The molecule has 0 bridgehead atoms. The van der Waals surface area contributed by atoms with E-state index in [0.29, 0.717) is 0 Å². The van der Waals surface area contributed by atoms with Gasteiger partial charge in [-0.25, -0.2) is 0 Å². The average Bonchev–Trinajstić information content (AvgIpc) is 3.27. The van der Waals surface area contributed by atoms with Gasteiger partial charge in [0, 0.05) is 58.3 Å². The molecule has 1 aliphatic rings. The Morgan fingerprint density at radius 3 is 2.75 bits per heavy atom. The van der Waals surface area contributed by atoms with Gasteiger partial charge in [0.1, 0.15) is 0 Å². The highest BCUT2D eigenvalue weighted by Gasteiger charge is 2.28. The lowest BCUT2D eigenvalue weighted by Crippen LogP contribution is -2.44. The Morgan fingerprint density at radius 1 is 1.38 bits per heavy atom. The monoisotopic (exact) mass is 466 g/mol. The molecule has 0 aliphatic heterocycles. The van der Waals surface area contributed by atoms with Crippen LogP contribution in [0.25, 0.3) is 0 Å². The lowest BCUT2D eigenvalue weighted by atomic mass is 10.3. The molecule has 0 spiro atoms. The maximum atomic E-state index is 5.21. The Balaban J connectivity index is 0.00000288. The molecule has 1 fully saturated rings. The molecular weight excluding hydrogens is 435 g/mol. The predicted octanol–water partition coefficient (Wildman–Crippen LogP) is 2.53. The third-order valence-electron chi connectivity index (χ3n) is 4.18. The Labute approximate surface area is 167 Å². The summed E-state index contributed by atoms with van der Waals surface area (Å²) in [5.41, 5.74) is 0. The van der Waals surface area contributed by atoms with Gasteiger partial charge in [0.2, 0.25) is 0 Å². The van der Waals surface area contributed by atoms with Gasteiger partial charge in [-0.05, 0) is 30.7 Å². The van der Waals surface area contributed by atoms with Crippen molar-refractivity contribution >= 4 is 41.3 Å². The number of aliphatic imine (C=N–C) groups is 1. The van der Waals surface area contributed by atoms with Gasteiger partial charge < -0.3 is 15.0 Å². The van der Waals surface area contributed by atoms with E-state index in [1.807, 2.05) is 18.4 Å². The van der Waals surface area contributed by atoms with Crippen molar-refractivity contribution in [2.75, 3.05) is 54.0 Å². The second-order valence-electron chi connectivity index (χ2n) is 5.98. The second kappa shape index (κ2) is 12.1. The first-order chi connectivity index (χ1) is 11.2. The molecule has 1 N–H and O–H groups in total. The largest absolute Gasteiger partial charge is 0.383 e. The van der Waals surface area contributed by atoms with Crippen LogP contribution in [-0.4, -0.2) is 75.8 Å². The van der Waals surface area contributed by atoms with E-state index < -0.39 is 0 Å². The van der Waals surface area contributed by atoms with Crippen molar-refractivity contribution in [3.63, 3.8) is 0 Å². The number of halogens is 1. The molecule has 1 aromatic rings. The van der Waals surface area contributed by atoms with Gasteiger partial charge in [-0.15, -0.1) is 35.3 Å². The predicted molar refractivity (Wildman–Crippen MR) is 114 cm³/mol. The molecule has 1 saturated carbocycles. The quantitative estimate of drug-likeness (QED) is 0.327. The van der Waals surface area contributed by atoms with Crippen molar-refractivity contribution < 1.29 is 4.74 Å². The number of nitrogens with one attached hydrogen (secondary N) is 1. The van der Waals surface area contributed by atoms with Crippen molar-refractivity contribution in [2.45, 2.75) is 25.3 Å². The zero-order valence-corrected chi connectivity index (χ0v) is 18.2. The summed E-state index contributed by atoms with van der Waals surface area (Å²) in [4.78, 5) is 10.5. The van der Waals surface area contributed by atoms with E-state index in [1.54, 1.807) is 7.11 Å². The summed E-state index contributed by atoms with van der Waals surface area (Å²) < 4.78 is 5.21. The van der Waals surface area contributed by atoms with Crippen LogP contribution in [0.5, 0.6) is 0 Å². The van der Waals surface area contributed by atoms with Gasteiger partial charge in [0.25, 0.3) is 0 Å². The molecular formula is C17H31IN4OS. The minimum Gasteiger partial charge on any atom is -0.383 e. The summed E-state index contributed by atoms with van der Waals surface area (Å²) in [5, 5.41) is 5.62. The molecule has 1 aliphatic carbocycles. The highest BCUT2D eigenvalue weighted by Crippen LogP contribution is 2.25. The summed E-state index contributed by atoms with van der Waals surface area (Å²) in [5.74, 6) is 0.976. The fourth-order valence-corrected chi connectivity index (χ4v) is 3.36. The summed E-state index contributed by atoms with van der Waals surface area (Å²) in [7, 11) is 5.73. The molecule has 7 heteroatoms. The molecule has 1 aromatic heterocycles. The Hall–Kier alpha value is -0.380. The van der Waals surface area contributed by atoms with E-state index >= 15 is 0 Å². The maximum absolute atomic E-state index is 5.21. The number of methoxy groups -OCH3 is 1. The lowest BCUT2D eigenvalue weighted by Gasteiger charge is -2.25. The van der Waals surface area contributed by atoms with Crippen molar-refractivity contribution in [2.24, 2.45) is 4.99 Å².